The summed E-state index contributed by atoms with van der Waals surface area (Å²) in [7, 11) is 0. The Morgan fingerprint density at radius 2 is 1.60 bits per heavy atom. The zero-order valence-corrected chi connectivity index (χ0v) is 11.2. The number of carboxylic acid groups (broad SMARTS) is 1. The maximum absolute atomic E-state index is 11.1. The van der Waals surface area contributed by atoms with E-state index >= 15 is 0 Å². The van der Waals surface area contributed by atoms with Gasteiger partial charge < -0.3 is 14.6 Å². The molecule has 0 bridgehead atoms. The molecular weight excluding hydrogens is 256 g/mol. The maximum atomic E-state index is 11.1. The molecule has 1 N–H and O–H groups in total. The van der Waals surface area contributed by atoms with Crippen molar-refractivity contribution in [2.24, 2.45) is 0 Å². The summed E-state index contributed by atoms with van der Waals surface area (Å²) in [4.78, 5) is 11.1. The van der Waals surface area contributed by atoms with Gasteiger partial charge in [0, 0.05) is 5.56 Å². The van der Waals surface area contributed by atoms with E-state index in [1.54, 1.807) is 30.3 Å². The second kappa shape index (κ2) is 6.61. The van der Waals surface area contributed by atoms with Crippen molar-refractivity contribution in [1.29, 1.82) is 0 Å². The molecule has 4 nitrogen and oxygen atoms in total. The molecule has 0 radical (unpaired) electrons. The SMILES string of the molecule is CCOc1ccccc1OCc1ccccc1C(=O)O. The van der Waals surface area contributed by atoms with Crippen LogP contribution in [0.25, 0.3) is 0 Å². The lowest BCUT2D eigenvalue weighted by atomic mass is 10.1. The third-order valence-corrected chi connectivity index (χ3v) is 2.78. The zero-order valence-electron chi connectivity index (χ0n) is 11.2. The summed E-state index contributed by atoms with van der Waals surface area (Å²) in [5.41, 5.74) is 0.882. The molecule has 2 aromatic rings. The Hall–Kier alpha value is -2.49. The van der Waals surface area contributed by atoms with Gasteiger partial charge in [0.2, 0.25) is 0 Å². The summed E-state index contributed by atoms with van der Waals surface area (Å²) >= 11 is 0. The first kappa shape index (κ1) is 13.9. The maximum Gasteiger partial charge on any atom is 0.336 e. The number of aromatic carboxylic acids is 1. The van der Waals surface area contributed by atoms with Crippen molar-refractivity contribution in [2.75, 3.05) is 6.61 Å². The van der Waals surface area contributed by atoms with Crippen LogP contribution in [0, 0.1) is 0 Å². The van der Waals surface area contributed by atoms with Gasteiger partial charge in [-0.25, -0.2) is 4.79 Å². The van der Waals surface area contributed by atoms with Gasteiger partial charge in [-0.05, 0) is 25.1 Å². The molecule has 0 amide bonds. The summed E-state index contributed by atoms with van der Waals surface area (Å²) < 4.78 is 11.1. The average molecular weight is 272 g/mol. The standard InChI is InChI=1S/C16H16O4/c1-2-19-14-9-5-6-10-15(14)20-11-12-7-3-4-8-13(12)16(17)18/h3-10H,2,11H2,1H3,(H,17,18). The van der Waals surface area contributed by atoms with Crippen LogP contribution in [0.5, 0.6) is 11.5 Å². The third kappa shape index (κ3) is 3.29. The minimum Gasteiger partial charge on any atom is -0.490 e. The van der Waals surface area contributed by atoms with E-state index in [0.717, 1.165) is 0 Å². The third-order valence-electron chi connectivity index (χ3n) is 2.78. The molecule has 4 heteroatoms. The topological polar surface area (TPSA) is 55.8 Å². The molecule has 0 aromatic heterocycles. The smallest absolute Gasteiger partial charge is 0.336 e. The van der Waals surface area contributed by atoms with E-state index in [9.17, 15) is 4.79 Å². The average Bonchev–Trinajstić information content (AvgIpc) is 2.47. The number of hydrogen-bond donors (Lipinski definition) is 1. The summed E-state index contributed by atoms with van der Waals surface area (Å²) in [6, 6.07) is 14.1. The molecule has 0 aliphatic heterocycles. The highest BCUT2D eigenvalue weighted by Crippen LogP contribution is 2.27. The van der Waals surface area contributed by atoms with E-state index in [4.69, 9.17) is 14.6 Å². The summed E-state index contributed by atoms with van der Waals surface area (Å²) in [6.45, 7) is 2.63. The van der Waals surface area contributed by atoms with Crippen LogP contribution in [-0.4, -0.2) is 17.7 Å². The molecular formula is C16H16O4. The van der Waals surface area contributed by atoms with Crippen LogP contribution in [-0.2, 0) is 6.61 Å². The fraction of sp³-hybridized carbons (Fsp3) is 0.188. The zero-order chi connectivity index (χ0) is 14.4. The molecule has 0 unspecified atom stereocenters. The van der Waals surface area contributed by atoms with Crippen LogP contribution in [0.4, 0.5) is 0 Å². The number of ether oxygens (including phenoxy) is 2. The van der Waals surface area contributed by atoms with Gasteiger partial charge in [-0.2, -0.15) is 0 Å². The molecule has 104 valence electrons. The molecule has 2 aromatic carbocycles. The quantitative estimate of drug-likeness (QED) is 0.876. The highest BCUT2D eigenvalue weighted by Gasteiger charge is 2.10. The van der Waals surface area contributed by atoms with Gasteiger partial charge in [-0.3, -0.25) is 0 Å². The van der Waals surface area contributed by atoms with Gasteiger partial charge in [-0.15, -0.1) is 0 Å². The van der Waals surface area contributed by atoms with Crippen LogP contribution >= 0.6 is 0 Å². The Bertz CT molecular complexity index is 593. The van der Waals surface area contributed by atoms with Gasteiger partial charge >= 0.3 is 5.97 Å². The number of carbonyl (C=O) groups is 1. The van der Waals surface area contributed by atoms with Gasteiger partial charge in [-0.1, -0.05) is 30.3 Å². The van der Waals surface area contributed by atoms with E-state index in [1.165, 1.54) is 0 Å². The van der Waals surface area contributed by atoms with E-state index in [-0.39, 0.29) is 12.2 Å². The van der Waals surface area contributed by atoms with E-state index in [2.05, 4.69) is 0 Å². The lowest BCUT2D eigenvalue weighted by molar-refractivity contribution is 0.0694. The first-order chi connectivity index (χ1) is 9.72. The highest BCUT2D eigenvalue weighted by molar-refractivity contribution is 5.89. The van der Waals surface area contributed by atoms with Crippen molar-refractivity contribution in [3.8, 4) is 11.5 Å². The predicted octanol–water partition coefficient (Wildman–Crippen LogP) is 3.36. The number of carboxylic acids is 1. The number of rotatable bonds is 6. The van der Waals surface area contributed by atoms with E-state index in [0.29, 0.717) is 23.7 Å². The first-order valence-corrected chi connectivity index (χ1v) is 6.38. The Morgan fingerprint density at radius 3 is 2.25 bits per heavy atom. The second-order valence-corrected chi connectivity index (χ2v) is 4.13. The Labute approximate surface area is 117 Å². The van der Waals surface area contributed by atoms with Gasteiger partial charge in [0.1, 0.15) is 6.61 Å². The van der Waals surface area contributed by atoms with Crippen LogP contribution in [0.15, 0.2) is 48.5 Å². The molecule has 0 saturated carbocycles. The van der Waals surface area contributed by atoms with Crippen molar-refractivity contribution in [1.82, 2.24) is 0 Å². The fourth-order valence-corrected chi connectivity index (χ4v) is 1.85. The molecule has 0 heterocycles. The fourth-order valence-electron chi connectivity index (χ4n) is 1.85. The molecule has 0 aliphatic rings. The number of hydrogen-bond acceptors (Lipinski definition) is 3. The Balaban J connectivity index is 2.15. The minimum atomic E-state index is -0.956. The van der Waals surface area contributed by atoms with Crippen LogP contribution in [0.3, 0.4) is 0 Å². The monoisotopic (exact) mass is 272 g/mol. The Morgan fingerprint density at radius 1 is 1.00 bits per heavy atom. The Kier molecular flexibility index (Phi) is 4.60. The number of para-hydroxylation sites is 2. The van der Waals surface area contributed by atoms with Crippen molar-refractivity contribution in [3.63, 3.8) is 0 Å². The molecule has 20 heavy (non-hydrogen) atoms. The first-order valence-electron chi connectivity index (χ1n) is 6.38. The van der Waals surface area contributed by atoms with Gasteiger partial charge in [0.15, 0.2) is 11.5 Å². The largest absolute Gasteiger partial charge is 0.490 e. The van der Waals surface area contributed by atoms with Crippen molar-refractivity contribution in [2.45, 2.75) is 13.5 Å². The summed E-state index contributed by atoms with van der Waals surface area (Å²) in [5.74, 6) is 0.305. The second-order valence-electron chi connectivity index (χ2n) is 4.13. The summed E-state index contributed by atoms with van der Waals surface area (Å²) in [6.07, 6.45) is 0. The lowest BCUT2D eigenvalue weighted by Crippen LogP contribution is -2.06. The molecule has 0 fully saturated rings. The van der Waals surface area contributed by atoms with Crippen LogP contribution in [0.2, 0.25) is 0 Å². The normalized spacial score (nSPS) is 10.1. The number of benzene rings is 2. The molecule has 0 spiro atoms. The molecule has 0 saturated heterocycles. The van der Waals surface area contributed by atoms with Crippen molar-refractivity contribution in [3.05, 3.63) is 59.7 Å². The lowest BCUT2D eigenvalue weighted by Gasteiger charge is -2.12. The predicted molar refractivity (Wildman–Crippen MR) is 75.3 cm³/mol. The molecule has 0 aliphatic carbocycles. The van der Waals surface area contributed by atoms with Crippen molar-refractivity contribution >= 4 is 5.97 Å². The van der Waals surface area contributed by atoms with E-state index in [1.807, 2.05) is 25.1 Å². The van der Waals surface area contributed by atoms with E-state index < -0.39 is 5.97 Å². The summed E-state index contributed by atoms with van der Waals surface area (Å²) in [5, 5.41) is 9.12. The molecule has 2 rings (SSSR count). The van der Waals surface area contributed by atoms with Gasteiger partial charge in [0.05, 0.1) is 12.2 Å². The van der Waals surface area contributed by atoms with Crippen LogP contribution < -0.4 is 9.47 Å². The minimum absolute atomic E-state index is 0.187. The molecule has 0 atom stereocenters. The highest BCUT2D eigenvalue weighted by atomic mass is 16.5. The van der Waals surface area contributed by atoms with Gasteiger partial charge in [0.25, 0.3) is 0 Å². The van der Waals surface area contributed by atoms with Crippen LogP contribution in [0.1, 0.15) is 22.8 Å². The van der Waals surface area contributed by atoms with Crippen molar-refractivity contribution < 1.29 is 19.4 Å².